The van der Waals surface area contributed by atoms with Crippen molar-refractivity contribution >= 4 is 11.8 Å². The molecule has 0 aromatic heterocycles. The molecule has 54 valence electrons. The van der Waals surface area contributed by atoms with Gasteiger partial charge in [0.25, 0.3) is 0 Å². The molecule has 0 aliphatic carbocycles. The van der Waals surface area contributed by atoms with Crippen LogP contribution in [-0.2, 0) is 9.59 Å². The fraction of sp³-hybridized carbons (Fsp3) is 0.333. The molecule has 0 aromatic rings. The van der Waals surface area contributed by atoms with Crippen molar-refractivity contribution in [1.82, 2.24) is 0 Å². The van der Waals surface area contributed by atoms with E-state index < -0.39 is 17.7 Å². The quantitative estimate of drug-likeness (QED) is 0.373. The van der Waals surface area contributed by atoms with Crippen molar-refractivity contribution in [2.75, 3.05) is 0 Å². The van der Waals surface area contributed by atoms with Crippen molar-refractivity contribution in [2.45, 2.75) is 6.42 Å². The van der Waals surface area contributed by atoms with Crippen molar-refractivity contribution in [3.05, 3.63) is 0 Å². The Hall–Kier alpha value is -1.50. The predicted molar refractivity (Wildman–Crippen MR) is 35.3 cm³/mol. The summed E-state index contributed by atoms with van der Waals surface area (Å²) in [4.78, 5) is 20.7. The minimum Gasteiger partial charge on any atom is -0.369 e. The lowest BCUT2D eigenvalue weighted by Gasteiger charge is -2.02. The third-order valence-corrected chi connectivity index (χ3v) is 1.01. The van der Waals surface area contributed by atoms with Crippen LogP contribution in [0.25, 0.3) is 0 Å². The normalized spacial score (nSPS) is 8.80. The van der Waals surface area contributed by atoms with Gasteiger partial charge in [0.05, 0.1) is 0 Å². The molecule has 0 atom stereocenters. The highest BCUT2D eigenvalue weighted by Gasteiger charge is 2.19. The van der Waals surface area contributed by atoms with E-state index in [9.17, 15) is 9.59 Å². The van der Waals surface area contributed by atoms with Gasteiger partial charge < -0.3 is 11.5 Å². The number of terminal acetylenes is 1. The summed E-state index contributed by atoms with van der Waals surface area (Å²) < 4.78 is 0. The Balaban J connectivity index is 4.15. The fourth-order valence-corrected chi connectivity index (χ4v) is 0.459. The van der Waals surface area contributed by atoms with Gasteiger partial charge in [-0.3, -0.25) is 9.59 Å². The van der Waals surface area contributed by atoms with Gasteiger partial charge in [-0.05, 0) is 0 Å². The van der Waals surface area contributed by atoms with Crippen molar-refractivity contribution in [1.29, 1.82) is 0 Å². The average molecular weight is 140 g/mol. The van der Waals surface area contributed by atoms with E-state index in [0.717, 1.165) is 0 Å². The fourth-order valence-electron chi connectivity index (χ4n) is 0.459. The molecule has 2 amide bonds. The van der Waals surface area contributed by atoms with E-state index in [1.807, 2.05) is 0 Å². The largest absolute Gasteiger partial charge is 0.369 e. The van der Waals surface area contributed by atoms with Crippen LogP contribution in [0.1, 0.15) is 6.42 Å². The van der Waals surface area contributed by atoms with Gasteiger partial charge in [0.15, 0.2) is 0 Å². The highest BCUT2D eigenvalue weighted by molar-refractivity contribution is 5.98. The monoisotopic (exact) mass is 140 g/mol. The second-order valence-corrected chi connectivity index (χ2v) is 1.77. The van der Waals surface area contributed by atoms with Crippen LogP contribution < -0.4 is 11.5 Å². The van der Waals surface area contributed by atoms with E-state index in [4.69, 9.17) is 17.9 Å². The van der Waals surface area contributed by atoms with E-state index in [-0.39, 0.29) is 6.42 Å². The molecule has 0 aromatic carbocycles. The summed E-state index contributed by atoms with van der Waals surface area (Å²) in [7, 11) is 0. The molecule has 0 radical (unpaired) electrons. The Bertz CT molecular complexity index is 178. The first-order valence-electron chi connectivity index (χ1n) is 2.61. The molecule has 0 unspecified atom stereocenters. The van der Waals surface area contributed by atoms with Crippen molar-refractivity contribution in [3.8, 4) is 12.3 Å². The van der Waals surface area contributed by atoms with Gasteiger partial charge in [0.1, 0.15) is 5.92 Å². The zero-order chi connectivity index (χ0) is 8.15. The summed E-state index contributed by atoms with van der Waals surface area (Å²) in [5, 5.41) is 0. The van der Waals surface area contributed by atoms with Crippen molar-refractivity contribution in [3.63, 3.8) is 0 Å². The SMILES string of the molecule is C#CCC(C(N)=O)C(N)=O. The van der Waals surface area contributed by atoms with E-state index >= 15 is 0 Å². The van der Waals surface area contributed by atoms with Gasteiger partial charge in [-0.15, -0.1) is 12.3 Å². The lowest BCUT2D eigenvalue weighted by molar-refractivity contribution is -0.131. The van der Waals surface area contributed by atoms with Crippen LogP contribution in [0.5, 0.6) is 0 Å². The first-order valence-corrected chi connectivity index (χ1v) is 2.61. The van der Waals surface area contributed by atoms with E-state index in [0.29, 0.717) is 0 Å². The summed E-state index contributed by atoms with van der Waals surface area (Å²) in [5.41, 5.74) is 9.58. The summed E-state index contributed by atoms with van der Waals surface area (Å²) in [6.45, 7) is 0. The molecule has 0 fully saturated rings. The summed E-state index contributed by atoms with van der Waals surface area (Å²) in [6.07, 6.45) is 4.82. The van der Waals surface area contributed by atoms with Gasteiger partial charge in [0.2, 0.25) is 11.8 Å². The smallest absolute Gasteiger partial charge is 0.230 e. The lowest BCUT2D eigenvalue weighted by atomic mass is 10.1. The van der Waals surface area contributed by atoms with Crippen LogP contribution in [0.4, 0.5) is 0 Å². The van der Waals surface area contributed by atoms with Gasteiger partial charge in [-0.2, -0.15) is 0 Å². The number of carbonyl (C=O) groups is 2. The maximum Gasteiger partial charge on any atom is 0.230 e. The number of nitrogens with two attached hydrogens (primary N) is 2. The van der Waals surface area contributed by atoms with Crippen LogP contribution in [0.3, 0.4) is 0 Å². The molecular weight excluding hydrogens is 132 g/mol. The Morgan fingerprint density at radius 1 is 1.40 bits per heavy atom. The standard InChI is InChI=1S/C6H8N2O2/c1-2-3-4(5(7)9)6(8)10/h1,4H,3H2,(H2,7,9)(H2,8,10). The molecule has 4 N–H and O–H groups in total. The summed E-state index contributed by atoms with van der Waals surface area (Å²) >= 11 is 0. The zero-order valence-electron chi connectivity index (χ0n) is 5.33. The van der Waals surface area contributed by atoms with Crippen LogP contribution in [-0.4, -0.2) is 11.8 Å². The maximum absolute atomic E-state index is 10.4. The molecule has 0 aliphatic heterocycles. The van der Waals surface area contributed by atoms with Gasteiger partial charge in [-0.1, -0.05) is 0 Å². The van der Waals surface area contributed by atoms with Crippen LogP contribution >= 0.6 is 0 Å². The van der Waals surface area contributed by atoms with Crippen LogP contribution in [0, 0.1) is 18.3 Å². The molecule has 0 rings (SSSR count). The maximum atomic E-state index is 10.4. The number of hydrogen-bond acceptors (Lipinski definition) is 2. The van der Waals surface area contributed by atoms with Gasteiger partial charge >= 0.3 is 0 Å². The number of amides is 2. The Labute approximate surface area is 58.6 Å². The number of primary amides is 2. The second-order valence-electron chi connectivity index (χ2n) is 1.77. The molecule has 0 saturated carbocycles. The second kappa shape index (κ2) is 3.51. The minimum atomic E-state index is -1.02. The van der Waals surface area contributed by atoms with Crippen LogP contribution in [0.15, 0.2) is 0 Å². The highest BCUT2D eigenvalue weighted by Crippen LogP contribution is 1.98. The first kappa shape index (κ1) is 8.50. The molecule has 0 bridgehead atoms. The van der Waals surface area contributed by atoms with E-state index in [1.54, 1.807) is 0 Å². The molecule has 4 nitrogen and oxygen atoms in total. The molecule has 4 heteroatoms. The summed E-state index contributed by atoms with van der Waals surface area (Å²) in [5.74, 6) is -0.440. The third-order valence-electron chi connectivity index (χ3n) is 1.01. The topological polar surface area (TPSA) is 86.2 Å². The van der Waals surface area contributed by atoms with E-state index in [1.165, 1.54) is 0 Å². The highest BCUT2D eigenvalue weighted by atomic mass is 16.2. The number of carbonyl (C=O) groups excluding carboxylic acids is 2. The van der Waals surface area contributed by atoms with Gasteiger partial charge in [0, 0.05) is 6.42 Å². The molecule has 10 heavy (non-hydrogen) atoms. The molecular formula is C6H8N2O2. The Morgan fingerprint density at radius 2 is 1.80 bits per heavy atom. The zero-order valence-corrected chi connectivity index (χ0v) is 5.33. The summed E-state index contributed by atoms with van der Waals surface area (Å²) in [6, 6.07) is 0. The number of rotatable bonds is 3. The van der Waals surface area contributed by atoms with Gasteiger partial charge in [-0.25, -0.2) is 0 Å². The lowest BCUT2D eigenvalue weighted by Crippen LogP contribution is -2.34. The molecule has 0 spiro atoms. The van der Waals surface area contributed by atoms with Crippen molar-refractivity contribution in [2.24, 2.45) is 17.4 Å². The Morgan fingerprint density at radius 3 is 1.90 bits per heavy atom. The first-order chi connectivity index (χ1) is 4.59. The minimum absolute atomic E-state index is 0.0231. The predicted octanol–water partition coefficient (Wildman–Crippen LogP) is -1.40. The van der Waals surface area contributed by atoms with E-state index in [2.05, 4.69) is 5.92 Å². The van der Waals surface area contributed by atoms with Crippen molar-refractivity contribution < 1.29 is 9.59 Å². The molecule has 0 heterocycles. The Kier molecular flexibility index (Phi) is 2.98. The van der Waals surface area contributed by atoms with Crippen LogP contribution in [0.2, 0.25) is 0 Å². The number of hydrogen-bond donors (Lipinski definition) is 2. The average Bonchev–Trinajstić information content (AvgIpc) is 1.81. The molecule has 0 saturated heterocycles. The molecule has 0 aliphatic rings. The third kappa shape index (κ3) is 2.18.